The highest BCUT2D eigenvalue weighted by molar-refractivity contribution is 5.91. The molecule has 0 saturated heterocycles. The van der Waals surface area contributed by atoms with Gasteiger partial charge in [-0.25, -0.2) is 0 Å². The minimum Gasteiger partial charge on any atom is -0.0984 e. The minimum absolute atomic E-state index is 1.08. The van der Waals surface area contributed by atoms with E-state index in [1.54, 1.807) is 0 Å². The lowest BCUT2D eigenvalue weighted by Gasteiger charge is -2.10. The Morgan fingerprint density at radius 2 is 1.55 bits per heavy atom. The Bertz CT molecular complexity index is 658. The molecule has 0 bridgehead atoms. The van der Waals surface area contributed by atoms with Gasteiger partial charge in [-0.1, -0.05) is 86.5 Å². The molecule has 20 heavy (non-hydrogen) atoms. The van der Waals surface area contributed by atoms with E-state index >= 15 is 0 Å². The average molecular weight is 258 g/mol. The first kappa shape index (κ1) is 13.8. The largest absolute Gasteiger partial charge is 0.0984 e. The van der Waals surface area contributed by atoms with Crippen LogP contribution in [0.1, 0.15) is 22.3 Å². The highest BCUT2D eigenvalue weighted by Crippen LogP contribution is 2.27. The lowest BCUT2D eigenvalue weighted by Crippen LogP contribution is -1.90. The van der Waals surface area contributed by atoms with Gasteiger partial charge in [-0.3, -0.25) is 0 Å². The van der Waals surface area contributed by atoms with Crippen molar-refractivity contribution in [1.29, 1.82) is 0 Å². The predicted octanol–water partition coefficient (Wildman–Crippen LogP) is 5.70. The van der Waals surface area contributed by atoms with E-state index in [2.05, 4.69) is 44.0 Å². The fourth-order valence-electron chi connectivity index (χ4n) is 2.22. The van der Waals surface area contributed by atoms with E-state index in [1.807, 2.05) is 48.6 Å². The van der Waals surface area contributed by atoms with Crippen molar-refractivity contribution >= 4 is 23.8 Å². The van der Waals surface area contributed by atoms with Gasteiger partial charge in [0.2, 0.25) is 0 Å². The van der Waals surface area contributed by atoms with Crippen molar-refractivity contribution in [1.82, 2.24) is 0 Å². The summed E-state index contributed by atoms with van der Waals surface area (Å²) in [5.74, 6) is 0. The molecule has 2 rings (SSSR count). The van der Waals surface area contributed by atoms with Crippen LogP contribution >= 0.6 is 0 Å². The van der Waals surface area contributed by atoms with Crippen LogP contribution in [0.25, 0.3) is 23.8 Å². The molecular weight excluding hydrogens is 240 g/mol. The second kappa shape index (κ2) is 6.53. The predicted molar refractivity (Wildman–Crippen MR) is 91.1 cm³/mol. The van der Waals surface area contributed by atoms with Crippen LogP contribution < -0.4 is 0 Å². The standard InChI is InChI=1S/C20H18/c1-4-17-13-10-14-20(19(17)6-3)18(5-2)15-16-11-8-7-9-12-16/h4-15H,1-3H2. The molecule has 0 saturated carbocycles. The molecule has 0 N–H and O–H groups in total. The van der Waals surface area contributed by atoms with E-state index in [1.165, 1.54) is 0 Å². The molecule has 0 aliphatic rings. The van der Waals surface area contributed by atoms with E-state index in [0.29, 0.717) is 0 Å². The van der Waals surface area contributed by atoms with E-state index < -0.39 is 0 Å². The highest BCUT2D eigenvalue weighted by Gasteiger charge is 2.06. The number of allylic oxidation sites excluding steroid dienone is 2. The number of rotatable bonds is 5. The zero-order chi connectivity index (χ0) is 14.4. The molecule has 0 radical (unpaired) electrons. The number of hydrogen-bond acceptors (Lipinski definition) is 0. The lowest BCUT2D eigenvalue weighted by molar-refractivity contribution is 1.55. The van der Waals surface area contributed by atoms with Crippen LogP contribution in [0.4, 0.5) is 0 Å². The van der Waals surface area contributed by atoms with Crippen molar-refractivity contribution in [3.05, 3.63) is 96.6 Å². The maximum atomic E-state index is 3.94. The summed E-state index contributed by atoms with van der Waals surface area (Å²) in [6.45, 7) is 11.7. The van der Waals surface area contributed by atoms with E-state index in [-0.39, 0.29) is 0 Å². The molecular formula is C20H18. The maximum Gasteiger partial charge on any atom is -0.0106 e. The third-order valence-corrected chi connectivity index (χ3v) is 3.22. The first-order valence-electron chi connectivity index (χ1n) is 6.57. The molecule has 0 nitrogen and oxygen atoms in total. The molecule has 0 amide bonds. The van der Waals surface area contributed by atoms with E-state index in [0.717, 1.165) is 27.8 Å². The molecule has 0 fully saturated rings. The molecule has 2 aromatic carbocycles. The van der Waals surface area contributed by atoms with Gasteiger partial charge in [-0.2, -0.15) is 0 Å². The van der Waals surface area contributed by atoms with Gasteiger partial charge < -0.3 is 0 Å². The maximum absolute atomic E-state index is 3.94. The summed E-state index contributed by atoms with van der Waals surface area (Å²) in [4.78, 5) is 0. The van der Waals surface area contributed by atoms with Crippen molar-refractivity contribution in [2.75, 3.05) is 0 Å². The quantitative estimate of drug-likeness (QED) is 0.476. The monoisotopic (exact) mass is 258 g/mol. The highest BCUT2D eigenvalue weighted by atomic mass is 14.1. The Labute approximate surface area is 121 Å². The van der Waals surface area contributed by atoms with Gasteiger partial charge in [0.05, 0.1) is 0 Å². The summed E-state index contributed by atoms with van der Waals surface area (Å²) in [6, 6.07) is 16.4. The normalized spacial score (nSPS) is 10.9. The molecule has 0 spiro atoms. The summed E-state index contributed by atoms with van der Waals surface area (Å²) in [5, 5.41) is 0. The Morgan fingerprint density at radius 1 is 0.800 bits per heavy atom. The number of benzene rings is 2. The molecule has 0 unspecified atom stereocenters. The van der Waals surface area contributed by atoms with Gasteiger partial charge in [0, 0.05) is 0 Å². The molecule has 2 aromatic rings. The van der Waals surface area contributed by atoms with Gasteiger partial charge in [0.25, 0.3) is 0 Å². The third kappa shape index (κ3) is 2.86. The van der Waals surface area contributed by atoms with Gasteiger partial charge in [-0.05, 0) is 33.9 Å². The van der Waals surface area contributed by atoms with Crippen LogP contribution in [0.5, 0.6) is 0 Å². The topological polar surface area (TPSA) is 0 Å². The van der Waals surface area contributed by atoms with Gasteiger partial charge in [-0.15, -0.1) is 0 Å². The third-order valence-electron chi connectivity index (χ3n) is 3.22. The minimum atomic E-state index is 1.08. The van der Waals surface area contributed by atoms with Crippen LogP contribution in [0.15, 0.2) is 74.3 Å². The van der Waals surface area contributed by atoms with Crippen molar-refractivity contribution in [3.8, 4) is 0 Å². The van der Waals surface area contributed by atoms with Crippen LogP contribution in [-0.4, -0.2) is 0 Å². The summed E-state index contributed by atoms with van der Waals surface area (Å²) in [7, 11) is 0. The summed E-state index contributed by atoms with van der Waals surface area (Å²) in [6.07, 6.45) is 7.73. The Morgan fingerprint density at radius 3 is 2.15 bits per heavy atom. The zero-order valence-corrected chi connectivity index (χ0v) is 11.5. The van der Waals surface area contributed by atoms with E-state index in [9.17, 15) is 0 Å². The SMILES string of the molecule is C=CC(=Cc1ccccc1)c1cccc(C=C)c1C=C. The van der Waals surface area contributed by atoms with Crippen LogP contribution in [0.3, 0.4) is 0 Å². The van der Waals surface area contributed by atoms with Crippen molar-refractivity contribution in [3.63, 3.8) is 0 Å². The Balaban J connectivity index is 2.58. The molecule has 0 aromatic heterocycles. The first-order valence-corrected chi connectivity index (χ1v) is 6.57. The van der Waals surface area contributed by atoms with Gasteiger partial charge in [0.15, 0.2) is 0 Å². The second-order valence-electron chi connectivity index (χ2n) is 4.43. The van der Waals surface area contributed by atoms with Crippen molar-refractivity contribution in [2.24, 2.45) is 0 Å². The smallest absolute Gasteiger partial charge is 0.0106 e. The first-order chi connectivity index (χ1) is 9.80. The molecule has 0 atom stereocenters. The Kier molecular flexibility index (Phi) is 4.52. The molecule has 98 valence electrons. The fraction of sp³-hybridized carbons (Fsp3) is 0. The van der Waals surface area contributed by atoms with Crippen molar-refractivity contribution < 1.29 is 0 Å². The van der Waals surface area contributed by atoms with Crippen LogP contribution in [0, 0.1) is 0 Å². The summed E-state index contributed by atoms with van der Waals surface area (Å²) >= 11 is 0. The molecule has 0 heteroatoms. The molecule has 0 heterocycles. The number of hydrogen-bond donors (Lipinski definition) is 0. The molecule has 0 aliphatic heterocycles. The zero-order valence-electron chi connectivity index (χ0n) is 11.5. The molecule has 0 aliphatic carbocycles. The van der Waals surface area contributed by atoms with Gasteiger partial charge >= 0.3 is 0 Å². The van der Waals surface area contributed by atoms with Crippen molar-refractivity contribution in [2.45, 2.75) is 0 Å². The fourth-order valence-corrected chi connectivity index (χ4v) is 2.22. The lowest BCUT2D eigenvalue weighted by atomic mass is 9.94. The summed E-state index contributed by atoms with van der Waals surface area (Å²) < 4.78 is 0. The average Bonchev–Trinajstić information content (AvgIpc) is 2.52. The van der Waals surface area contributed by atoms with Crippen LogP contribution in [-0.2, 0) is 0 Å². The van der Waals surface area contributed by atoms with Crippen LogP contribution in [0.2, 0.25) is 0 Å². The van der Waals surface area contributed by atoms with Gasteiger partial charge in [0.1, 0.15) is 0 Å². The summed E-state index contributed by atoms with van der Waals surface area (Å²) in [5.41, 5.74) is 5.52. The second-order valence-corrected chi connectivity index (χ2v) is 4.43. The Hall–Kier alpha value is -2.60. The van der Waals surface area contributed by atoms with E-state index in [4.69, 9.17) is 0 Å².